The van der Waals surface area contributed by atoms with Crippen LogP contribution in [0.3, 0.4) is 0 Å². The summed E-state index contributed by atoms with van der Waals surface area (Å²) < 4.78 is 37.1. The third-order valence-electron chi connectivity index (χ3n) is 4.55. The van der Waals surface area contributed by atoms with Gasteiger partial charge in [-0.2, -0.15) is 4.31 Å². The number of hydrogen-bond donors (Lipinski definition) is 2. The van der Waals surface area contributed by atoms with E-state index >= 15 is 0 Å². The molecular formula is C19H29N3O6S. The minimum atomic E-state index is -3.71. The molecule has 10 heteroatoms. The molecule has 2 rings (SSSR count). The van der Waals surface area contributed by atoms with Crippen molar-refractivity contribution in [1.82, 2.24) is 14.9 Å². The Kier molecular flexibility index (Phi) is 8.57. The first-order valence-electron chi connectivity index (χ1n) is 9.53. The zero-order valence-electron chi connectivity index (χ0n) is 17.0. The molecule has 0 aliphatic carbocycles. The van der Waals surface area contributed by atoms with E-state index in [9.17, 15) is 18.0 Å². The van der Waals surface area contributed by atoms with Crippen LogP contribution in [0, 0.1) is 5.92 Å². The van der Waals surface area contributed by atoms with Crippen LogP contribution in [0.25, 0.3) is 0 Å². The molecule has 1 heterocycles. The van der Waals surface area contributed by atoms with E-state index in [4.69, 9.17) is 9.47 Å². The fraction of sp³-hybridized carbons (Fsp3) is 0.579. The first-order chi connectivity index (χ1) is 13.8. The van der Waals surface area contributed by atoms with Gasteiger partial charge in [0, 0.05) is 32.3 Å². The number of hydrogen-bond acceptors (Lipinski definition) is 6. The standard InChI is InChI=1S/C19H29N3O6S/c1-14(2)17(19(24)20-7-10-27-3)21-18(23)15-5-4-6-16(13-15)29(25,26)22-8-11-28-12-9-22/h4-6,13-14,17H,7-12H2,1-3H3,(H,20,24)(H,21,23)/t17-/m0/s1. The molecule has 0 radical (unpaired) electrons. The molecular weight excluding hydrogens is 398 g/mol. The molecule has 0 saturated carbocycles. The van der Waals surface area contributed by atoms with Crippen LogP contribution in [-0.2, 0) is 24.3 Å². The Morgan fingerprint density at radius 2 is 1.93 bits per heavy atom. The Morgan fingerprint density at radius 1 is 1.24 bits per heavy atom. The van der Waals surface area contributed by atoms with Crippen LogP contribution in [0.1, 0.15) is 24.2 Å². The van der Waals surface area contributed by atoms with Crippen molar-refractivity contribution in [2.24, 2.45) is 5.92 Å². The highest BCUT2D eigenvalue weighted by Gasteiger charge is 2.28. The number of carbonyl (C=O) groups is 2. The molecule has 1 saturated heterocycles. The van der Waals surface area contributed by atoms with Gasteiger partial charge in [-0.1, -0.05) is 19.9 Å². The van der Waals surface area contributed by atoms with Gasteiger partial charge in [-0.05, 0) is 24.1 Å². The number of morpholine rings is 1. The lowest BCUT2D eigenvalue weighted by Crippen LogP contribution is -2.50. The zero-order valence-corrected chi connectivity index (χ0v) is 17.8. The lowest BCUT2D eigenvalue weighted by atomic mass is 10.0. The normalized spacial score (nSPS) is 16.4. The molecule has 0 unspecified atom stereocenters. The molecule has 0 aromatic heterocycles. The molecule has 1 fully saturated rings. The minimum Gasteiger partial charge on any atom is -0.383 e. The number of benzene rings is 1. The first kappa shape index (κ1) is 23.3. The Labute approximate surface area is 171 Å². The Bertz CT molecular complexity index is 806. The second kappa shape index (κ2) is 10.7. The number of carbonyl (C=O) groups excluding carboxylic acids is 2. The Morgan fingerprint density at radius 3 is 2.55 bits per heavy atom. The monoisotopic (exact) mass is 427 g/mol. The predicted molar refractivity (Wildman–Crippen MR) is 107 cm³/mol. The molecule has 2 amide bonds. The summed E-state index contributed by atoms with van der Waals surface area (Å²) in [5, 5.41) is 5.40. The number of nitrogens with one attached hydrogen (secondary N) is 2. The number of amides is 2. The topological polar surface area (TPSA) is 114 Å². The van der Waals surface area contributed by atoms with Gasteiger partial charge in [0.1, 0.15) is 6.04 Å². The van der Waals surface area contributed by atoms with Crippen molar-refractivity contribution < 1.29 is 27.5 Å². The zero-order chi connectivity index (χ0) is 21.4. The summed E-state index contributed by atoms with van der Waals surface area (Å²) in [5.74, 6) is -0.978. The van der Waals surface area contributed by atoms with Crippen molar-refractivity contribution in [2.45, 2.75) is 24.8 Å². The fourth-order valence-corrected chi connectivity index (χ4v) is 4.33. The van der Waals surface area contributed by atoms with Crippen LogP contribution in [0.2, 0.25) is 0 Å². The van der Waals surface area contributed by atoms with Crippen molar-refractivity contribution in [3.05, 3.63) is 29.8 Å². The van der Waals surface area contributed by atoms with Gasteiger partial charge in [-0.15, -0.1) is 0 Å². The first-order valence-corrected chi connectivity index (χ1v) is 11.0. The molecule has 1 aliphatic heterocycles. The van der Waals surface area contributed by atoms with E-state index in [1.807, 2.05) is 13.8 Å². The number of sulfonamides is 1. The van der Waals surface area contributed by atoms with Gasteiger partial charge >= 0.3 is 0 Å². The highest BCUT2D eigenvalue weighted by molar-refractivity contribution is 7.89. The molecule has 1 aliphatic rings. The van der Waals surface area contributed by atoms with E-state index in [0.29, 0.717) is 26.4 Å². The van der Waals surface area contributed by atoms with Gasteiger partial charge in [0.15, 0.2) is 0 Å². The summed E-state index contributed by atoms with van der Waals surface area (Å²) in [7, 11) is -2.18. The quantitative estimate of drug-likeness (QED) is 0.545. The fourth-order valence-electron chi connectivity index (χ4n) is 2.88. The molecule has 0 spiro atoms. The second-order valence-corrected chi connectivity index (χ2v) is 8.96. The third kappa shape index (κ3) is 6.23. The van der Waals surface area contributed by atoms with E-state index in [1.165, 1.54) is 35.7 Å². The highest BCUT2D eigenvalue weighted by Crippen LogP contribution is 2.18. The smallest absolute Gasteiger partial charge is 0.251 e. The predicted octanol–water partition coefficient (Wildman–Crippen LogP) is 0.225. The number of methoxy groups -OCH3 is 1. The van der Waals surface area contributed by atoms with E-state index in [1.54, 1.807) is 0 Å². The summed E-state index contributed by atoms with van der Waals surface area (Å²) in [4.78, 5) is 25.1. The maximum atomic E-state index is 12.8. The molecule has 2 N–H and O–H groups in total. The molecule has 1 atom stereocenters. The summed E-state index contributed by atoms with van der Waals surface area (Å²) in [5.41, 5.74) is 0.176. The van der Waals surface area contributed by atoms with Gasteiger partial charge in [-0.25, -0.2) is 8.42 Å². The SMILES string of the molecule is COCCNC(=O)[C@@H](NC(=O)c1cccc(S(=O)(=O)N2CCOCC2)c1)C(C)C. The summed E-state index contributed by atoms with van der Waals surface area (Å²) in [6.07, 6.45) is 0. The highest BCUT2D eigenvalue weighted by atomic mass is 32.2. The summed E-state index contributed by atoms with van der Waals surface area (Å²) in [6, 6.07) is 5.08. The largest absolute Gasteiger partial charge is 0.383 e. The number of rotatable bonds is 9. The van der Waals surface area contributed by atoms with E-state index in [2.05, 4.69) is 10.6 Å². The van der Waals surface area contributed by atoms with Gasteiger partial charge in [0.2, 0.25) is 15.9 Å². The van der Waals surface area contributed by atoms with Crippen LogP contribution in [0.5, 0.6) is 0 Å². The maximum Gasteiger partial charge on any atom is 0.251 e. The molecule has 1 aromatic carbocycles. The van der Waals surface area contributed by atoms with Crippen molar-refractivity contribution >= 4 is 21.8 Å². The molecule has 9 nitrogen and oxygen atoms in total. The van der Waals surface area contributed by atoms with Crippen LogP contribution < -0.4 is 10.6 Å². The van der Waals surface area contributed by atoms with Crippen molar-refractivity contribution in [2.75, 3.05) is 46.6 Å². The Hall–Kier alpha value is -2.01. The lowest BCUT2D eigenvalue weighted by Gasteiger charge is -2.26. The minimum absolute atomic E-state index is 0.0395. The second-order valence-electron chi connectivity index (χ2n) is 7.02. The van der Waals surface area contributed by atoms with Crippen LogP contribution >= 0.6 is 0 Å². The van der Waals surface area contributed by atoms with Gasteiger partial charge < -0.3 is 20.1 Å². The van der Waals surface area contributed by atoms with Crippen molar-refractivity contribution in [3.8, 4) is 0 Å². The van der Waals surface area contributed by atoms with Crippen molar-refractivity contribution in [3.63, 3.8) is 0 Å². The average Bonchev–Trinajstić information content (AvgIpc) is 2.72. The number of ether oxygens (including phenoxy) is 2. The number of nitrogens with zero attached hydrogens (tertiary/aromatic N) is 1. The molecule has 1 aromatic rings. The third-order valence-corrected chi connectivity index (χ3v) is 6.44. The van der Waals surface area contributed by atoms with Crippen LogP contribution in [0.15, 0.2) is 29.2 Å². The molecule has 29 heavy (non-hydrogen) atoms. The lowest BCUT2D eigenvalue weighted by molar-refractivity contribution is -0.124. The van der Waals surface area contributed by atoms with Gasteiger partial charge in [0.25, 0.3) is 5.91 Å². The summed E-state index contributed by atoms with van der Waals surface area (Å²) in [6.45, 7) is 5.57. The van der Waals surface area contributed by atoms with Crippen LogP contribution in [0.4, 0.5) is 0 Å². The van der Waals surface area contributed by atoms with Crippen molar-refractivity contribution in [1.29, 1.82) is 0 Å². The molecule has 0 bridgehead atoms. The molecule has 162 valence electrons. The van der Waals surface area contributed by atoms with E-state index in [-0.39, 0.29) is 35.4 Å². The Balaban J connectivity index is 2.14. The maximum absolute atomic E-state index is 12.8. The van der Waals surface area contributed by atoms with Gasteiger partial charge in [0.05, 0.1) is 24.7 Å². The van der Waals surface area contributed by atoms with E-state index in [0.717, 1.165) is 0 Å². The van der Waals surface area contributed by atoms with Crippen LogP contribution in [-0.4, -0.2) is 77.1 Å². The average molecular weight is 428 g/mol. The van der Waals surface area contributed by atoms with E-state index < -0.39 is 22.0 Å². The summed E-state index contributed by atoms with van der Waals surface area (Å²) >= 11 is 0. The van der Waals surface area contributed by atoms with Gasteiger partial charge in [-0.3, -0.25) is 9.59 Å².